The predicted octanol–water partition coefficient (Wildman–Crippen LogP) is 1.87. The number of pyridine rings is 1. The SMILES string of the molecule is CC(C)(C)OC(=O)N1CCNC(c2ccc([N+](=O)[O-])cn2)C1. The molecule has 8 heteroatoms. The van der Waals surface area contributed by atoms with Gasteiger partial charge in [-0.25, -0.2) is 4.79 Å². The van der Waals surface area contributed by atoms with Gasteiger partial charge in [-0.05, 0) is 26.8 Å². The summed E-state index contributed by atoms with van der Waals surface area (Å²) in [7, 11) is 0. The number of carbonyl (C=O) groups is 1. The maximum absolute atomic E-state index is 12.1. The van der Waals surface area contributed by atoms with Gasteiger partial charge in [-0.1, -0.05) is 0 Å². The van der Waals surface area contributed by atoms with Crippen LogP contribution in [0.5, 0.6) is 0 Å². The molecule has 0 aromatic carbocycles. The summed E-state index contributed by atoms with van der Waals surface area (Å²) in [5.74, 6) is 0. The van der Waals surface area contributed by atoms with Gasteiger partial charge in [0.2, 0.25) is 0 Å². The predicted molar refractivity (Wildman–Crippen MR) is 79.4 cm³/mol. The van der Waals surface area contributed by atoms with E-state index in [1.54, 1.807) is 11.0 Å². The molecule has 2 heterocycles. The van der Waals surface area contributed by atoms with E-state index in [9.17, 15) is 14.9 Å². The van der Waals surface area contributed by atoms with Crippen LogP contribution in [-0.2, 0) is 4.74 Å². The Hall–Kier alpha value is -2.22. The van der Waals surface area contributed by atoms with Crippen LogP contribution in [0.2, 0.25) is 0 Å². The number of nitrogens with zero attached hydrogens (tertiary/aromatic N) is 3. The fourth-order valence-corrected chi connectivity index (χ4v) is 2.15. The molecule has 1 aliphatic heterocycles. The minimum Gasteiger partial charge on any atom is -0.444 e. The third-order valence-corrected chi connectivity index (χ3v) is 3.17. The highest BCUT2D eigenvalue weighted by Gasteiger charge is 2.28. The summed E-state index contributed by atoms with van der Waals surface area (Å²) in [6.45, 7) is 7.05. The van der Waals surface area contributed by atoms with Gasteiger partial charge < -0.3 is 15.0 Å². The van der Waals surface area contributed by atoms with Gasteiger partial charge in [-0.15, -0.1) is 0 Å². The molecule has 1 fully saturated rings. The van der Waals surface area contributed by atoms with Crippen molar-refractivity contribution >= 4 is 11.8 Å². The lowest BCUT2D eigenvalue weighted by atomic mass is 10.1. The molecule has 0 spiro atoms. The number of hydrogen-bond donors (Lipinski definition) is 1. The third-order valence-electron chi connectivity index (χ3n) is 3.17. The second-order valence-electron chi connectivity index (χ2n) is 6.13. The lowest BCUT2D eigenvalue weighted by Crippen LogP contribution is -2.49. The molecule has 0 aliphatic carbocycles. The third kappa shape index (κ3) is 4.14. The van der Waals surface area contributed by atoms with Crippen molar-refractivity contribution in [1.82, 2.24) is 15.2 Å². The molecular formula is C14H20N4O4. The van der Waals surface area contributed by atoms with Crippen LogP contribution in [0.15, 0.2) is 18.3 Å². The average Bonchev–Trinajstić information content (AvgIpc) is 2.46. The average molecular weight is 308 g/mol. The Morgan fingerprint density at radius 3 is 2.77 bits per heavy atom. The second-order valence-corrected chi connectivity index (χ2v) is 6.13. The van der Waals surface area contributed by atoms with Crippen molar-refractivity contribution in [1.29, 1.82) is 0 Å². The smallest absolute Gasteiger partial charge is 0.410 e. The van der Waals surface area contributed by atoms with Crippen LogP contribution >= 0.6 is 0 Å². The van der Waals surface area contributed by atoms with Gasteiger partial charge in [-0.2, -0.15) is 0 Å². The monoisotopic (exact) mass is 308 g/mol. The molecule has 2 rings (SSSR count). The van der Waals surface area contributed by atoms with E-state index >= 15 is 0 Å². The molecule has 0 radical (unpaired) electrons. The molecule has 1 aliphatic rings. The Bertz CT molecular complexity index is 553. The molecule has 1 N–H and O–H groups in total. The molecule has 1 saturated heterocycles. The first kappa shape index (κ1) is 16.2. The van der Waals surface area contributed by atoms with Crippen molar-refractivity contribution in [2.45, 2.75) is 32.4 Å². The van der Waals surface area contributed by atoms with Gasteiger partial charge in [0.25, 0.3) is 5.69 Å². The zero-order valence-electron chi connectivity index (χ0n) is 12.9. The summed E-state index contributed by atoms with van der Waals surface area (Å²) in [4.78, 5) is 28.0. The van der Waals surface area contributed by atoms with Gasteiger partial charge in [0.1, 0.15) is 11.8 Å². The maximum atomic E-state index is 12.1. The minimum absolute atomic E-state index is 0.0523. The van der Waals surface area contributed by atoms with Crippen LogP contribution < -0.4 is 5.32 Å². The molecule has 0 saturated carbocycles. The first-order valence-electron chi connectivity index (χ1n) is 7.08. The second kappa shape index (κ2) is 6.27. The molecule has 120 valence electrons. The van der Waals surface area contributed by atoms with Gasteiger partial charge in [0.05, 0.1) is 16.7 Å². The van der Waals surface area contributed by atoms with E-state index < -0.39 is 10.5 Å². The fourth-order valence-electron chi connectivity index (χ4n) is 2.15. The molecule has 1 aromatic heterocycles. The first-order valence-corrected chi connectivity index (χ1v) is 7.08. The summed E-state index contributed by atoms with van der Waals surface area (Å²) in [5, 5.41) is 13.9. The zero-order chi connectivity index (χ0) is 16.3. The summed E-state index contributed by atoms with van der Waals surface area (Å²) in [6, 6.07) is 2.85. The number of piperazine rings is 1. The van der Waals surface area contributed by atoms with E-state index in [1.807, 2.05) is 20.8 Å². The number of hydrogen-bond acceptors (Lipinski definition) is 6. The number of amides is 1. The highest BCUT2D eigenvalue weighted by Crippen LogP contribution is 2.19. The first-order chi connectivity index (χ1) is 10.3. The van der Waals surface area contributed by atoms with E-state index in [0.717, 1.165) is 0 Å². The Kier molecular flexibility index (Phi) is 4.60. The molecule has 8 nitrogen and oxygen atoms in total. The van der Waals surface area contributed by atoms with Gasteiger partial charge in [0.15, 0.2) is 0 Å². The number of aromatic nitrogens is 1. The molecule has 1 aromatic rings. The van der Waals surface area contributed by atoms with Crippen molar-refractivity contribution < 1.29 is 14.5 Å². The van der Waals surface area contributed by atoms with Crippen LogP contribution in [-0.4, -0.2) is 46.1 Å². The van der Waals surface area contributed by atoms with Crippen molar-refractivity contribution in [2.24, 2.45) is 0 Å². The lowest BCUT2D eigenvalue weighted by molar-refractivity contribution is -0.385. The van der Waals surface area contributed by atoms with Gasteiger partial charge >= 0.3 is 6.09 Å². The summed E-state index contributed by atoms with van der Waals surface area (Å²) in [6.07, 6.45) is 0.865. The summed E-state index contributed by atoms with van der Waals surface area (Å²) < 4.78 is 5.36. The number of carbonyl (C=O) groups excluding carboxylic acids is 1. The molecule has 1 unspecified atom stereocenters. The summed E-state index contributed by atoms with van der Waals surface area (Å²) >= 11 is 0. The van der Waals surface area contributed by atoms with Crippen molar-refractivity contribution in [3.05, 3.63) is 34.1 Å². The Morgan fingerprint density at radius 1 is 1.50 bits per heavy atom. The molecule has 22 heavy (non-hydrogen) atoms. The fraction of sp³-hybridized carbons (Fsp3) is 0.571. The number of rotatable bonds is 2. The Morgan fingerprint density at radius 2 is 2.23 bits per heavy atom. The lowest BCUT2D eigenvalue weighted by Gasteiger charge is -2.34. The van der Waals surface area contributed by atoms with Crippen molar-refractivity contribution in [3.8, 4) is 0 Å². The van der Waals surface area contributed by atoms with E-state index in [0.29, 0.717) is 25.3 Å². The van der Waals surface area contributed by atoms with Crippen LogP contribution in [0.1, 0.15) is 32.5 Å². The van der Waals surface area contributed by atoms with Crippen LogP contribution in [0.3, 0.4) is 0 Å². The number of ether oxygens (including phenoxy) is 1. The Labute approximate surface area is 128 Å². The van der Waals surface area contributed by atoms with Crippen LogP contribution in [0.25, 0.3) is 0 Å². The van der Waals surface area contributed by atoms with Crippen molar-refractivity contribution in [3.63, 3.8) is 0 Å². The Balaban J connectivity index is 2.04. The quantitative estimate of drug-likeness (QED) is 0.661. The number of nitrogens with one attached hydrogen (secondary N) is 1. The minimum atomic E-state index is -0.539. The molecule has 0 bridgehead atoms. The van der Waals surface area contributed by atoms with Crippen molar-refractivity contribution in [2.75, 3.05) is 19.6 Å². The summed E-state index contributed by atoms with van der Waals surface area (Å²) in [5.41, 5.74) is 0.0747. The highest BCUT2D eigenvalue weighted by atomic mass is 16.6. The standard InChI is InChI=1S/C14H20N4O4/c1-14(2,3)22-13(19)17-7-6-15-12(9-17)11-5-4-10(8-16-11)18(20)21/h4-5,8,12,15H,6-7,9H2,1-3H3. The van der Waals surface area contributed by atoms with E-state index in [4.69, 9.17) is 4.74 Å². The zero-order valence-corrected chi connectivity index (χ0v) is 12.9. The van der Waals surface area contributed by atoms with E-state index in [2.05, 4.69) is 10.3 Å². The van der Waals surface area contributed by atoms with Crippen LogP contribution in [0.4, 0.5) is 10.5 Å². The number of nitro groups is 1. The highest BCUT2D eigenvalue weighted by molar-refractivity contribution is 5.68. The molecule has 1 amide bonds. The maximum Gasteiger partial charge on any atom is 0.410 e. The van der Waals surface area contributed by atoms with E-state index in [1.165, 1.54) is 12.3 Å². The van der Waals surface area contributed by atoms with E-state index in [-0.39, 0.29) is 17.8 Å². The normalized spacial score (nSPS) is 18.9. The topological polar surface area (TPSA) is 97.6 Å². The molecular weight excluding hydrogens is 288 g/mol. The molecule has 1 atom stereocenters. The van der Waals surface area contributed by atoms with Crippen LogP contribution in [0, 0.1) is 10.1 Å². The van der Waals surface area contributed by atoms with Gasteiger partial charge in [-0.3, -0.25) is 15.1 Å². The largest absolute Gasteiger partial charge is 0.444 e. The van der Waals surface area contributed by atoms with Gasteiger partial charge in [0, 0.05) is 25.7 Å².